The minimum absolute atomic E-state index is 0. The lowest BCUT2D eigenvalue weighted by Gasteiger charge is -2.29. The number of piperidine rings is 1. The summed E-state index contributed by atoms with van der Waals surface area (Å²) in [6.07, 6.45) is 4.07. The zero-order chi connectivity index (χ0) is 15.0. The predicted octanol–water partition coefficient (Wildman–Crippen LogP) is 1.99. The fourth-order valence-corrected chi connectivity index (χ4v) is 4.98. The standard InChI is InChI=1S/C15H22N2O3S.ClH/c1-10-7-14(20-2)5-6-15(10)21(18,19)17-13-8-11-3-4-12(9-13)16-11;/h5-7,11-13,16-17H,3-4,8-9H2,1-2H3;1H. The van der Waals surface area contributed by atoms with E-state index in [9.17, 15) is 8.42 Å². The van der Waals surface area contributed by atoms with E-state index in [1.807, 2.05) is 0 Å². The number of aryl methyl sites for hydroxylation is 1. The lowest BCUT2D eigenvalue weighted by molar-refractivity contribution is 0.345. The van der Waals surface area contributed by atoms with Crippen LogP contribution in [0.2, 0.25) is 0 Å². The van der Waals surface area contributed by atoms with E-state index >= 15 is 0 Å². The molecule has 2 aliphatic rings. The highest BCUT2D eigenvalue weighted by molar-refractivity contribution is 7.89. The van der Waals surface area contributed by atoms with E-state index in [-0.39, 0.29) is 18.4 Å². The summed E-state index contributed by atoms with van der Waals surface area (Å²) in [6, 6.07) is 6.03. The summed E-state index contributed by atoms with van der Waals surface area (Å²) in [5, 5.41) is 3.52. The van der Waals surface area contributed by atoms with Crippen LogP contribution in [0.3, 0.4) is 0 Å². The highest BCUT2D eigenvalue weighted by Crippen LogP contribution is 2.28. The molecule has 1 aromatic carbocycles. The van der Waals surface area contributed by atoms with Gasteiger partial charge in [0.05, 0.1) is 12.0 Å². The lowest BCUT2D eigenvalue weighted by atomic mass is 10.0. The summed E-state index contributed by atoms with van der Waals surface area (Å²) in [7, 11) is -1.89. The van der Waals surface area contributed by atoms with E-state index < -0.39 is 10.0 Å². The summed E-state index contributed by atoms with van der Waals surface area (Å²) in [4.78, 5) is 0.342. The van der Waals surface area contributed by atoms with Gasteiger partial charge in [-0.15, -0.1) is 12.4 Å². The van der Waals surface area contributed by atoms with Gasteiger partial charge in [0.1, 0.15) is 5.75 Å². The monoisotopic (exact) mass is 346 g/mol. The van der Waals surface area contributed by atoms with E-state index in [2.05, 4.69) is 10.0 Å². The van der Waals surface area contributed by atoms with E-state index in [1.165, 1.54) is 0 Å². The largest absolute Gasteiger partial charge is 0.497 e. The summed E-state index contributed by atoms with van der Waals surface area (Å²) in [6.45, 7) is 1.79. The molecule has 0 saturated carbocycles. The fourth-order valence-electron chi connectivity index (χ4n) is 3.49. The Balaban J connectivity index is 0.00000176. The molecular formula is C15H23ClN2O3S. The highest BCUT2D eigenvalue weighted by Gasteiger charge is 2.35. The van der Waals surface area contributed by atoms with Gasteiger partial charge in [0.15, 0.2) is 0 Å². The first kappa shape index (κ1) is 17.5. The number of hydrogen-bond acceptors (Lipinski definition) is 4. The molecule has 2 N–H and O–H groups in total. The van der Waals surface area contributed by atoms with Crippen molar-refractivity contribution >= 4 is 22.4 Å². The molecule has 2 heterocycles. The first-order valence-electron chi connectivity index (χ1n) is 7.41. The molecule has 124 valence electrons. The number of ether oxygens (including phenoxy) is 1. The van der Waals surface area contributed by atoms with E-state index in [0.29, 0.717) is 28.3 Å². The second-order valence-corrected chi connectivity index (χ2v) is 7.74. The van der Waals surface area contributed by atoms with Crippen LogP contribution in [0.5, 0.6) is 5.75 Å². The third-order valence-electron chi connectivity index (χ3n) is 4.47. The lowest BCUT2D eigenvalue weighted by Crippen LogP contribution is -2.48. The number of benzene rings is 1. The van der Waals surface area contributed by atoms with Crippen LogP contribution in [0.4, 0.5) is 0 Å². The number of fused-ring (bicyclic) bond motifs is 2. The Bertz CT molecular complexity index is 624. The van der Waals surface area contributed by atoms with E-state index in [4.69, 9.17) is 4.74 Å². The second kappa shape index (κ2) is 6.74. The van der Waals surface area contributed by atoms with Crippen molar-refractivity contribution in [1.29, 1.82) is 0 Å². The number of nitrogens with one attached hydrogen (secondary N) is 2. The van der Waals surface area contributed by atoms with Crippen LogP contribution in [-0.2, 0) is 10.0 Å². The molecule has 0 aliphatic carbocycles. The Morgan fingerprint density at radius 2 is 1.86 bits per heavy atom. The van der Waals surface area contributed by atoms with Gasteiger partial charge in [-0.3, -0.25) is 0 Å². The Kier molecular flexibility index (Phi) is 5.37. The van der Waals surface area contributed by atoms with Gasteiger partial charge in [-0.2, -0.15) is 0 Å². The van der Waals surface area contributed by atoms with Gasteiger partial charge in [0.2, 0.25) is 10.0 Å². The molecule has 5 nitrogen and oxygen atoms in total. The SMILES string of the molecule is COc1ccc(S(=O)(=O)NC2CC3CCC(C2)N3)c(C)c1.Cl. The number of rotatable bonds is 4. The number of hydrogen-bond donors (Lipinski definition) is 2. The molecule has 2 saturated heterocycles. The van der Waals surface area contributed by atoms with Crippen LogP contribution >= 0.6 is 12.4 Å². The van der Waals surface area contributed by atoms with Crippen molar-refractivity contribution < 1.29 is 13.2 Å². The summed E-state index contributed by atoms with van der Waals surface area (Å²) in [5.74, 6) is 0.673. The molecule has 2 bridgehead atoms. The topological polar surface area (TPSA) is 67.4 Å². The molecule has 3 rings (SSSR count). The van der Waals surface area contributed by atoms with Crippen molar-refractivity contribution in [2.24, 2.45) is 0 Å². The zero-order valence-electron chi connectivity index (χ0n) is 12.8. The van der Waals surface area contributed by atoms with Gasteiger partial charge in [0.25, 0.3) is 0 Å². The van der Waals surface area contributed by atoms with E-state index in [1.54, 1.807) is 32.2 Å². The average molecular weight is 347 g/mol. The Morgan fingerprint density at radius 1 is 1.23 bits per heavy atom. The molecule has 0 aromatic heterocycles. The van der Waals surface area contributed by atoms with Crippen molar-refractivity contribution in [3.63, 3.8) is 0 Å². The van der Waals surface area contributed by atoms with Crippen LogP contribution in [0.1, 0.15) is 31.2 Å². The maximum Gasteiger partial charge on any atom is 0.241 e. The molecule has 7 heteroatoms. The summed E-state index contributed by atoms with van der Waals surface area (Å²) >= 11 is 0. The number of sulfonamides is 1. The Labute approximate surface area is 138 Å². The van der Waals surface area contributed by atoms with Gasteiger partial charge >= 0.3 is 0 Å². The molecule has 2 fully saturated rings. The smallest absolute Gasteiger partial charge is 0.241 e. The van der Waals surface area contributed by atoms with Gasteiger partial charge in [-0.05, 0) is 56.4 Å². The Morgan fingerprint density at radius 3 is 2.41 bits per heavy atom. The molecule has 2 aliphatic heterocycles. The van der Waals surface area contributed by atoms with Crippen molar-refractivity contribution in [1.82, 2.24) is 10.0 Å². The minimum atomic E-state index is -3.47. The quantitative estimate of drug-likeness (QED) is 0.875. The predicted molar refractivity (Wildman–Crippen MR) is 88.3 cm³/mol. The van der Waals surface area contributed by atoms with Gasteiger partial charge in [0, 0.05) is 18.1 Å². The molecule has 0 amide bonds. The number of halogens is 1. The maximum absolute atomic E-state index is 12.6. The molecule has 2 atom stereocenters. The zero-order valence-corrected chi connectivity index (χ0v) is 14.5. The Hall–Kier alpha value is -0.820. The van der Waals surface area contributed by atoms with Crippen LogP contribution in [0, 0.1) is 6.92 Å². The molecule has 2 unspecified atom stereocenters. The number of methoxy groups -OCH3 is 1. The summed E-state index contributed by atoms with van der Waals surface area (Å²) in [5.41, 5.74) is 0.707. The highest BCUT2D eigenvalue weighted by atomic mass is 35.5. The van der Waals surface area contributed by atoms with Crippen LogP contribution < -0.4 is 14.8 Å². The third-order valence-corrected chi connectivity index (χ3v) is 6.15. The van der Waals surface area contributed by atoms with Crippen molar-refractivity contribution in [2.75, 3.05) is 7.11 Å². The van der Waals surface area contributed by atoms with Crippen LogP contribution in [-0.4, -0.2) is 33.7 Å². The summed E-state index contributed by atoms with van der Waals surface area (Å²) < 4.78 is 33.2. The van der Waals surface area contributed by atoms with Gasteiger partial charge in [-0.25, -0.2) is 13.1 Å². The first-order valence-corrected chi connectivity index (χ1v) is 8.89. The minimum Gasteiger partial charge on any atom is -0.497 e. The fraction of sp³-hybridized carbons (Fsp3) is 0.600. The van der Waals surface area contributed by atoms with Crippen LogP contribution in [0.15, 0.2) is 23.1 Å². The molecule has 0 radical (unpaired) electrons. The molecule has 1 aromatic rings. The van der Waals surface area contributed by atoms with Gasteiger partial charge in [-0.1, -0.05) is 0 Å². The molecule has 0 spiro atoms. The maximum atomic E-state index is 12.6. The molecule has 22 heavy (non-hydrogen) atoms. The van der Waals surface area contributed by atoms with Crippen molar-refractivity contribution in [3.8, 4) is 5.75 Å². The second-order valence-electron chi connectivity index (χ2n) is 6.06. The van der Waals surface area contributed by atoms with Gasteiger partial charge < -0.3 is 10.1 Å². The van der Waals surface area contributed by atoms with E-state index in [0.717, 1.165) is 25.7 Å². The average Bonchev–Trinajstić information content (AvgIpc) is 2.77. The third kappa shape index (κ3) is 3.56. The first-order chi connectivity index (χ1) is 9.98. The van der Waals surface area contributed by atoms with Crippen molar-refractivity contribution in [2.45, 2.75) is 55.6 Å². The van der Waals surface area contributed by atoms with Crippen LogP contribution in [0.25, 0.3) is 0 Å². The normalized spacial score (nSPS) is 27.3. The van der Waals surface area contributed by atoms with Crippen molar-refractivity contribution in [3.05, 3.63) is 23.8 Å². The molecular weight excluding hydrogens is 324 g/mol.